The molecule has 0 saturated carbocycles. The van der Waals surface area contributed by atoms with E-state index in [1.54, 1.807) is 0 Å². The Labute approximate surface area is 374 Å². The maximum Gasteiger partial charge on any atom is 0.303 e. The Kier molecular flexibility index (Phi) is 20.3. The maximum atomic E-state index is 13.1. The van der Waals surface area contributed by atoms with Crippen LogP contribution < -0.4 is 5.32 Å². The molecule has 15 atom stereocenters. The van der Waals surface area contributed by atoms with E-state index in [0.717, 1.165) is 69.2 Å². The number of amides is 1. The molecule has 0 radical (unpaired) electrons. The lowest BCUT2D eigenvalue weighted by Crippen LogP contribution is -2.71. The van der Waals surface area contributed by atoms with Gasteiger partial charge in [-0.1, -0.05) is 15.9 Å². The molecule has 3 fully saturated rings. The molecule has 0 aromatic heterocycles. The van der Waals surface area contributed by atoms with Gasteiger partial charge in [-0.05, 0) is 0 Å². The molecule has 3 rings (SSSR count). The minimum Gasteiger partial charge on any atom is -0.463 e. The second-order valence-electron chi connectivity index (χ2n) is 14.4. The predicted molar refractivity (Wildman–Crippen MR) is 205 cm³/mol. The molecule has 3 saturated heterocycles. The number of esters is 9. The van der Waals surface area contributed by atoms with Gasteiger partial charge >= 0.3 is 53.7 Å². The number of hydrogen-bond acceptors (Lipinski definition) is 24. The monoisotopic (exact) mass is 985 g/mol. The molecular weight excluding hydrogens is 934 g/mol. The van der Waals surface area contributed by atoms with Gasteiger partial charge in [-0.3, -0.25) is 47.9 Å². The van der Waals surface area contributed by atoms with E-state index in [0.29, 0.717) is 0 Å². The quantitative estimate of drug-likeness (QED) is 0.105. The van der Waals surface area contributed by atoms with E-state index < -0.39 is 170 Å². The molecule has 0 spiro atoms. The molecule has 0 aromatic rings. The highest BCUT2D eigenvalue weighted by Crippen LogP contribution is 2.38. The van der Waals surface area contributed by atoms with E-state index in [2.05, 4.69) is 21.2 Å². The van der Waals surface area contributed by atoms with Gasteiger partial charge in [0.05, 0.1) is 0 Å². The molecule has 3 aliphatic heterocycles. The van der Waals surface area contributed by atoms with E-state index in [9.17, 15) is 47.9 Å². The fraction of sp³-hybridized carbons (Fsp3) is 0.737. The zero-order valence-corrected chi connectivity index (χ0v) is 38.0. The Bertz CT molecular complexity index is 1740. The van der Waals surface area contributed by atoms with Gasteiger partial charge in [0.2, 0.25) is 5.91 Å². The zero-order valence-electron chi connectivity index (χ0n) is 36.5. The lowest BCUT2D eigenvalue weighted by Gasteiger charge is -2.51. The van der Waals surface area contributed by atoms with Crippen molar-refractivity contribution in [3.63, 3.8) is 0 Å². The van der Waals surface area contributed by atoms with Crippen LogP contribution in [0.2, 0.25) is 0 Å². The second kappa shape index (κ2) is 24.3. The largest absolute Gasteiger partial charge is 0.463 e. The van der Waals surface area contributed by atoms with Gasteiger partial charge in [0.1, 0.15) is 56.4 Å². The van der Waals surface area contributed by atoms with Crippen molar-refractivity contribution in [3.05, 3.63) is 0 Å². The summed E-state index contributed by atoms with van der Waals surface area (Å²) in [6.07, 6.45) is -21.8. The number of nitrogens with one attached hydrogen (secondary N) is 1. The van der Waals surface area contributed by atoms with Crippen LogP contribution in [-0.2, 0) is 114 Å². The summed E-state index contributed by atoms with van der Waals surface area (Å²) < 4.78 is 80.2. The molecule has 26 heteroatoms. The van der Waals surface area contributed by atoms with E-state index >= 15 is 0 Å². The molecule has 3 aliphatic rings. The minimum atomic E-state index is -1.97. The molecule has 360 valence electrons. The van der Waals surface area contributed by atoms with Crippen LogP contribution in [0.4, 0.5) is 0 Å². The molecular formula is C38H52BrNO24. The molecule has 0 aliphatic carbocycles. The molecule has 3 heterocycles. The van der Waals surface area contributed by atoms with Gasteiger partial charge in [-0.15, -0.1) is 0 Å². The first-order valence-corrected chi connectivity index (χ1v) is 20.4. The molecule has 1 N–H and O–H groups in total. The van der Waals surface area contributed by atoms with Gasteiger partial charge < -0.3 is 71.6 Å². The maximum absolute atomic E-state index is 13.1. The van der Waals surface area contributed by atoms with E-state index in [4.69, 9.17) is 66.3 Å². The molecule has 0 unspecified atom stereocenters. The van der Waals surface area contributed by atoms with Crippen molar-refractivity contribution in [3.8, 4) is 0 Å². The van der Waals surface area contributed by atoms with Crippen molar-refractivity contribution >= 4 is 75.6 Å². The van der Waals surface area contributed by atoms with E-state index in [-0.39, 0.29) is 0 Å². The second-order valence-corrected chi connectivity index (χ2v) is 15.3. The van der Waals surface area contributed by atoms with Crippen LogP contribution in [0, 0.1) is 0 Å². The van der Waals surface area contributed by atoms with Gasteiger partial charge in [0, 0.05) is 69.2 Å². The molecule has 64 heavy (non-hydrogen) atoms. The lowest BCUT2D eigenvalue weighted by molar-refractivity contribution is -0.357. The van der Waals surface area contributed by atoms with E-state index in [1.165, 1.54) is 0 Å². The normalized spacial score (nSPS) is 32.3. The van der Waals surface area contributed by atoms with Crippen molar-refractivity contribution < 1.29 is 114 Å². The van der Waals surface area contributed by atoms with Gasteiger partial charge in [0.15, 0.2) is 54.2 Å². The summed E-state index contributed by atoms with van der Waals surface area (Å²) in [7, 11) is 0. The highest BCUT2D eigenvalue weighted by Gasteiger charge is 2.59. The van der Waals surface area contributed by atoms with Crippen LogP contribution in [0.5, 0.6) is 0 Å². The Hall–Kier alpha value is -5.02. The first-order chi connectivity index (χ1) is 29.9. The van der Waals surface area contributed by atoms with Crippen LogP contribution in [0.25, 0.3) is 0 Å². The highest BCUT2D eigenvalue weighted by atomic mass is 79.9. The summed E-state index contributed by atoms with van der Waals surface area (Å²) in [6, 6.07) is -1.71. The summed E-state index contributed by atoms with van der Waals surface area (Å²) in [5.41, 5.74) is 0. The molecule has 25 nitrogen and oxygen atoms in total. The van der Waals surface area contributed by atoms with E-state index in [1.807, 2.05) is 0 Å². The van der Waals surface area contributed by atoms with Crippen molar-refractivity contribution in [1.29, 1.82) is 0 Å². The SMILES string of the molecule is CC(=O)N[C@H]1[C@H](O[C@@H]2[C@@H](OC(C)=O)[C@@H](Br)O[C@H](COC(C)=O)[C@@H]2OC(C)=O)O[C@H](COC(C)=O)[C@@H](OC(C)=O)[C@@H]1O[C@@H]1O[C@H](COC(C)=O)[C@H](OC(C)=O)[C@H](OC(C)=O)[C@H]1OC(C)=O. The van der Waals surface area contributed by atoms with Crippen molar-refractivity contribution in [1.82, 2.24) is 5.32 Å². The summed E-state index contributed by atoms with van der Waals surface area (Å²) in [4.78, 5) is 125. The Morgan fingerprint density at radius 2 is 0.719 bits per heavy atom. The van der Waals surface area contributed by atoms with Gasteiger partial charge in [-0.2, -0.15) is 0 Å². The summed E-state index contributed by atoms with van der Waals surface area (Å²) in [5, 5.41) is 1.32. The number of hydrogen-bond donors (Lipinski definition) is 1. The minimum absolute atomic E-state index is 0.527. The summed E-state index contributed by atoms with van der Waals surface area (Å²) in [6.45, 7) is 8.44. The third-order valence-electron chi connectivity index (χ3n) is 8.93. The first kappa shape index (κ1) is 53.3. The molecule has 0 aromatic carbocycles. The fourth-order valence-corrected chi connectivity index (χ4v) is 7.54. The van der Waals surface area contributed by atoms with Gasteiger partial charge in [-0.25, -0.2) is 0 Å². The molecule has 1 amide bonds. The predicted octanol–water partition coefficient (Wildman–Crippen LogP) is -0.889. The zero-order chi connectivity index (χ0) is 48.2. The van der Waals surface area contributed by atoms with Crippen LogP contribution in [-0.4, -0.2) is 170 Å². The van der Waals surface area contributed by atoms with Crippen LogP contribution in [0.3, 0.4) is 0 Å². The van der Waals surface area contributed by atoms with Gasteiger partial charge in [0.25, 0.3) is 0 Å². The Morgan fingerprint density at radius 1 is 0.391 bits per heavy atom. The fourth-order valence-electron chi connectivity index (χ4n) is 6.85. The first-order valence-electron chi connectivity index (χ1n) is 19.5. The third kappa shape index (κ3) is 15.9. The molecule has 0 bridgehead atoms. The van der Waals surface area contributed by atoms with Crippen LogP contribution >= 0.6 is 15.9 Å². The van der Waals surface area contributed by atoms with Crippen LogP contribution in [0.15, 0.2) is 0 Å². The number of ether oxygens (including phenoxy) is 14. The number of alkyl halides is 1. The summed E-state index contributed by atoms with van der Waals surface area (Å²) >= 11 is 3.28. The smallest absolute Gasteiger partial charge is 0.303 e. The van der Waals surface area contributed by atoms with Crippen molar-refractivity contribution in [2.75, 3.05) is 19.8 Å². The topological polar surface area (TPSA) is 312 Å². The summed E-state index contributed by atoms with van der Waals surface area (Å²) in [5.74, 6) is -8.86. The number of carbonyl (C=O) groups excluding carboxylic acids is 10. The standard InChI is InChI=1S/C38H52BrNO24/c1-14(41)40-27-31(63-38-35(59-23(10)50)33(57-21(8)48)30(56-20(7)47)26(62-38)13-53-17(4)44)28(54-18(5)45)25(12-52-16(3)43)61-37(27)64-32-29(55-19(6)46)24(11-51-15(2)42)60-36(39)34(32)58-22(9)49/h24-38H,11-13H2,1-10H3,(H,40,41)/t24-,25-,26-,27-,28-,29+,30+,31-,32+,33+,34-,35-,36+,37+,38+/m1/s1. The Balaban J connectivity index is 2.33. The average molecular weight is 987 g/mol. The number of halogens is 1. The van der Waals surface area contributed by atoms with Crippen molar-refractivity contribution in [2.24, 2.45) is 0 Å². The average Bonchev–Trinajstić information content (AvgIpc) is 3.15. The number of carbonyl (C=O) groups is 10. The van der Waals surface area contributed by atoms with Crippen molar-refractivity contribution in [2.45, 2.75) is 160 Å². The third-order valence-corrected chi connectivity index (χ3v) is 9.67. The number of rotatable bonds is 17. The Morgan fingerprint density at radius 3 is 1.12 bits per heavy atom. The highest BCUT2D eigenvalue weighted by molar-refractivity contribution is 9.09. The van der Waals surface area contributed by atoms with Crippen LogP contribution in [0.1, 0.15) is 69.2 Å². The lowest BCUT2D eigenvalue weighted by atomic mass is 9.94.